The highest BCUT2D eigenvalue weighted by Crippen LogP contribution is 2.16. The standard InChI is InChI=1S/C56H107NO5/c1-3-5-7-9-11-13-15-17-18-19-20-21-22-23-24-26-28-32-36-40-44-48-54(59)53(52-58)57-55(60)49-45-41-37-33-29-27-31-35-39-43-47-51-62-56(61)50-46-42-38-34-30-25-16-14-12-10-8-6-4-2/h14,16,44,48,53-54,58-59H,3-13,15,17-43,45-47,49-52H2,1-2H3,(H,57,60)/b16-14-,48-44+. The maximum Gasteiger partial charge on any atom is 0.305 e. The van der Waals surface area contributed by atoms with Crippen LogP contribution in [0.25, 0.3) is 0 Å². The van der Waals surface area contributed by atoms with Crippen LogP contribution in [-0.2, 0) is 14.3 Å². The monoisotopic (exact) mass is 874 g/mol. The summed E-state index contributed by atoms with van der Waals surface area (Å²) in [7, 11) is 0. The second kappa shape index (κ2) is 52.0. The molecule has 0 rings (SSSR count). The number of unbranched alkanes of at least 4 members (excludes halogenated alkanes) is 38. The average Bonchev–Trinajstić information content (AvgIpc) is 3.27. The van der Waals surface area contributed by atoms with Crippen molar-refractivity contribution >= 4 is 11.9 Å². The van der Waals surface area contributed by atoms with E-state index in [4.69, 9.17) is 4.74 Å². The normalized spacial score (nSPS) is 12.8. The molecule has 6 heteroatoms. The van der Waals surface area contributed by atoms with Gasteiger partial charge in [-0.05, 0) is 57.8 Å². The van der Waals surface area contributed by atoms with Crippen LogP contribution < -0.4 is 5.32 Å². The first-order chi connectivity index (χ1) is 30.5. The zero-order valence-electron chi connectivity index (χ0n) is 41.6. The Morgan fingerprint density at radius 1 is 0.435 bits per heavy atom. The van der Waals surface area contributed by atoms with Gasteiger partial charge in [0.25, 0.3) is 0 Å². The quantitative estimate of drug-likeness (QED) is 0.0321. The molecule has 0 aromatic carbocycles. The molecule has 0 spiro atoms. The van der Waals surface area contributed by atoms with Gasteiger partial charge in [0.1, 0.15) is 0 Å². The second-order valence-electron chi connectivity index (χ2n) is 18.9. The zero-order valence-corrected chi connectivity index (χ0v) is 41.6. The smallest absolute Gasteiger partial charge is 0.305 e. The molecule has 0 fully saturated rings. The molecular formula is C56H107NO5. The first-order valence-electron chi connectivity index (χ1n) is 27.6. The maximum absolute atomic E-state index is 12.5. The predicted octanol–water partition coefficient (Wildman–Crippen LogP) is 16.7. The summed E-state index contributed by atoms with van der Waals surface area (Å²) in [5.41, 5.74) is 0. The van der Waals surface area contributed by atoms with Crippen molar-refractivity contribution in [3.63, 3.8) is 0 Å². The molecule has 0 bridgehead atoms. The summed E-state index contributed by atoms with van der Waals surface area (Å²) in [5, 5.41) is 23.1. The van der Waals surface area contributed by atoms with E-state index in [-0.39, 0.29) is 18.5 Å². The van der Waals surface area contributed by atoms with E-state index in [1.165, 1.54) is 212 Å². The summed E-state index contributed by atoms with van der Waals surface area (Å²) in [6.45, 7) is 4.85. The van der Waals surface area contributed by atoms with Crippen molar-refractivity contribution in [3.8, 4) is 0 Å². The number of aliphatic hydroxyl groups excluding tert-OH is 2. The lowest BCUT2D eigenvalue weighted by molar-refractivity contribution is -0.143. The average molecular weight is 874 g/mol. The number of esters is 1. The van der Waals surface area contributed by atoms with Gasteiger partial charge in [-0.1, -0.05) is 250 Å². The van der Waals surface area contributed by atoms with Crippen molar-refractivity contribution in [2.45, 2.75) is 309 Å². The predicted molar refractivity (Wildman–Crippen MR) is 269 cm³/mol. The highest BCUT2D eigenvalue weighted by Gasteiger charge is 2.18. The molecule has 0 saturated heterocycles. The molecule has 0 aliphatic rings. The molecule has 0 aromatic rings. The molecule has 0 heterocycles. The first kappa shape index (κ1) is 60.3. The van der Waals surface area contributed by atoms with Crippen LogP contribution in [0.3, 0.4) is 0 Å². The molecule has 0 saturated carbocycles. The van der Waals surface area contributed by atoms with Crippen LogP contribution in [0.5, 0.6) is 0 Å². The summed E-state index contributed by atoms with van der Waals surface area (Å²) in [4.78, 5) is 24.5. The number of rotatable bonds is 51. The number of carbonyl (C=O) groups is 2. The van der Waals surface area contributed by atoms with E-state index in [1.807, 2.05) is 6.08 Å². The minimum atomic E-state index is -0.857. The van der Waals surface area contributed by atoms with Crippen LogP contribution in [-0.4, -0.2) is 47.4 Å². The lowest BCUT2D eigenvalue weighted by atomic mass is 10.0. The Morgan fingerprint density at radius 2 is 0.758 bits per heavy atom. The summed E-state index contributed by atoms with van der Waals surface area (Å²) in [5.74, 6) is -0.109. The highest BCUT2D eigenvalue weighted by atomic mass is 16.5. The highest BCUT2D eigenvalue weighted by molar-refractivity contribution is 5.76. The number of allylic oxidation sites excluding steroid dienone is 3. The number of hydrogen-bond donors (Lipinski definition) is 3. The Labute approximate surface area is 386 Å². The Kier molecular flexibility index (Phi) is 50.6. The summed E-state index contributed by atoms with van der Waals surface area (Å²) in [6, 6.07) is -0.642. The first-order valence-corrected chi connectivity index (χ1v) is 27.6. The van der Waals surface area contributed by atoms with E-state index in [0.717, 1.165) is 57.8 Å². The Hall–Kier alpha value is -1.66. The Morgan fingerprint density at radius 3 is 1.16 bits per heavy atom. The largest absolute Gasteiger partial charge is 0.466 e. The van der Waals surface area contributed by atoms with Gasteiger partial charge in [-0.15, -0.1) is 0 Å². The number of aliphatic hydroxyl groups is 2. The summed E-state index contributed by atoms with van der Waals surface area (Å²) >= 11 is 0. The molecule has 1 amide bonds. The van der Waals surface area contributed by atoms with Crippen LogP contribution in [0.15, 0.2) is 24.3 Å². The van der Waals surface area contributed by atoms with E-state index in [2.05, 4.69) is 31.3 Å². The Bertz CT molecular complexity index is 966. The van der Waals surface area contributed by atoms with Gasteiger partial charge in [-0.25, -0.2) is 0 Å². The minimum absolute atomic E-state index is 0.0243. The van der Waals surface area contributed by atoms with E-state index >= 15 is 0 Å². The fourth-order valence-electron chi connectivity index (χ4n) is 8.45. The van der Waals surface area contributed by atoms with Crippen LogP contribution >= 0.6 is 0 Å². The van der Waals surface area contributed by atoms with Crippen molar-refractivity contribution in [2.24, 2.45) is 0 Å². The fourth-order valence-corrected chi connectivity index (χ4v) is 8.45. The molecule has 366 valence electrons. The van der Waals surface area contributed by atoms with Gasteiger partial charge in [-0.3, -0.25) is 9.59 Å². The number of ether oxygens (including phenoxy) is 1. The summed E-state index contributed by atoms with van der Waals surface area (Å²) < 4.78 is 5.45. The van der Waals surface area contributed by atoms with Crippen LogP contribution in [0, 0.1) is 0 Å². The third-order valence-corrected chi connectivity index (χ3v) is 12.7. The summed E-state index contributed by atoms with van der Waals surface area (Å²) in [6.07, 6.45) is 61.8. The van der Waals surface area contributed by atoms with Crippen LogP contribution in [0.1, 0.15) is 296 Å². The number of nitrogens with one attached hydrogen (secondary N) is 1. The van der Waals surface area contributed by atoms with Gasteiger partial charge in [-0.2, -0.15) is 0 Å². The molecule has 0 radical (unpaired) electrons. The van der Waals surface area contributed by atoms with Crippen molar-refractivity contribution < 1.29 is 24.5 Å². The maximum atomic E-state index is 12.5. The van der Waals surface area contributed by atoms with E-state index in [0.29, 0.717) is 19.4 Å². The van der Waals surface area contributed by atoms with Gasteiger partial charge < -0.3 is 20.3 Å². The van der Waals surface area contributed by atoms with E-state index < -0.39 is 12.1 Å². The third-order valence-electron chi connectivity index (χ3n) is 12.7. The van der Waals surface area contributed by atoms with Gasteiger partial charge in [0, 0.05) is 12.8 Å². The fraction of sp³-hybridized carbons (Fsp3) is 0.893. The Balaban J connectivity index is 3.51. The number of carbonyl (C=O) groups excluding carboxylic acids is 2. The van der Waals surface area contributed by atoms with Crippen molar-refractivity contribution in [2.75, 3.05) is 13.2 Å². The van der Waals surface area contributed by atoms with Crippen LogP contribution in [0.4, 0.5) is 0 Å². The molecule has 0 aromatic heterocycles. The second-order valence-corrected chi connectivity index (χ2v) is 18.9. The lowest BCUT2D eigenvalue weighted by Gasteiger charge is -2.20. The van der Waals surface area contributed by atoms with Gasteiger partial charge in [0.15, 0.2) is 0 Å². The molecule has 2 unspecified atom stereocenters. The van der Waals surface area contributed by atoms with Crippen LogP contribution in [0.2, 0.25) is 0 Å². The third kappa shape index (κ3) is 47.8. The molecule has 3 N–H and O–H groups in total. The van der Waals surface area contributed by atoms with Crippen molar-refractivity contribution in [1.82, 2.24) is 5.32 Å². The molecule has 6 nitrogen and oxygen atoms in total. The number of hydrogen-bond acceptors (Lipinski definition) is 5. The van der Waals surface area contributed by atoms with Crippen molar-refractivity contribution in [1.29, 1.82) is 0 Å². The van der Waals surface area contributed by atoms with Crippen molar-refractivity contribution in [3.05, 3.63) is 24.3 Å². The SMILES string of the molecule is CCCCCC/C=C\CCCCCCCC(=O)OCCCCCCCCCCCCCC(=O)NC(CO)C(O)/C=C/CCCCCCCCCCCCCCCCCCCCC. The molecule has 0 aliphatic carbocycles. The minimum Gasteiger partial charge on any atom is -0.466 e. The lowest BCUT2D eigenvalue weighted by Crippen LogP contribution is -2.45. The van der Waals surface area contributed by atoms with E-state index in [1.54, 1.807) is 6.08 Å². The molecule has 2 atom stereocenters. The van der Waals surface area contributed by atoms with Gasteiger partial charge >= 0.3 is 5.97 Å². The zero-order chi connectivity index (χ0) is 45.1. The molecular weight excluding hydrogens is 767 g/mol. The number of amides is 1. The van der Waals surface area contributed by atoms with Gasteiger partial charge in [0.05, 0.1) is 25.4 Å². The molecule has 62 heavy (non-hydrogen) atoms. The molecule has 0 aliphatic heterocycles. The van der Waals surface area contributed by atoms with E-state index in [9.17, 15) is 19.8 Å². The topological polar surface area (TPSA) is 95.9 Å². The van der Waals surface area contributed by atoms with Gasteiger partial charge in [0.2, 0.25) is 5.91 Å².